The lowest BCUT2D eigenvalue weighted by molar-refractivity contribution is -0.120. The van der Waals surface area contributed by atoms with E-state index in [2.05, 4.69) is 12.2 Å². The van der Waals surface area contributed by atoms with Crippen molar-refractivity contribution in [3.63, 3.8) is 0 Å². The van der Waals surface area contributed by atoms with E-state index >= 15 is 0 Å². The Labute approximate surface area is 147 Å². The minimum Gasteiger partial charge on any atom is -0.484 e. The first-order valence-corrected chi connectivity index (χ1v) is 8.44. The summed E-state index contributed by atoms with van der Waals surface area (Å²) < 4.78 is 5.63. The summed E-state index contributed by atoms with van der Waals surface area (Å²) in [6.07, 6.45) is 0.861. The maximum atomic E-state index is 12.7. The van der Waals surface area contributed by atoms with E-state index in [0.717, 1.165) is 17.8 Å². The van der Waals surface area contributed by atoms with Crippen molar-refractivity contribution in [1.29, 1.82) is 0 Å². The maximum Gasteiger partial charge on any atom is 0.264 e. The summed E-state index contributed by atoms with van der Waals surface area (Å²) in [6.45, 7) is 4.19. The Hall–Kier alpha value is -2.82. The van der Waals surface area contributed by atoms with Crippen LogP contribution in [0.1, 0.15) is 30.6 Å². The third-order valence-electron chi connectivity index (χ3n) is 4.29. The Morgan fingerprint density at radius 1 is 1.20 bits per heavy atom. The minimum absolute atomic E-state index is 0.0294. The van der Waals surface area contributed by atoms with Crippen LogP contribution >= 0.6 is 0 Å². The van der Waals surface area contributed by atoms with Gasteiger partial charge in [0.25, 0.3) is 5.91 Å². The third-order valence-corrected chi connectivity index (χ3v) is 4.29. The van der Waals surface area contributed by atoms with E-state index in [0.29, 0.717) is 23.9 Å². The number of nitrogens with zero attached hydrogens (tertiary/aromatic N) is 1. The lowest BCUT2D eigenvalue weighted by Gasteiger charge is -2.22. The second-order valence-electron chi connectivity index (χ2n) is 6.27. The number of hydrogen-bond donors (Lipinski definition) is 1. The van der Waals surface area contributed by atoms with Crippen LogP contribution in [0.3, 0.4) is 0 Å². The SMILES string of the molecule is CC(=O)c1cccc(OCC(=O)N2CC[C@H](C)Nc3ccccc32)c1. The van der Waals surface area contributed by atoms with Crippen molar-refractivity contribution in [3.8, 4) is 5.75 Å². The van der Waals surface area contributed by atoms with E-state index in [1.807, 2.05) is 24.3 Å². The molecule has 1 amide bonds. The van der Waals surface area contributed by atoms with E-state index in [-0.39, 0.29) is 18.3 Å². The quantitative estimate of drug-likeness (QED) is 0.867. The van der Waals surface area contributed by atoms with Gasteiger partial charge in [-0.15, -0.1) is 0 Å². The average molecular weight is 338 g/mol. The molecule has 5 nitrogen and oxygen atoms in total. The highest BCUT2D eigenvalue weighted by atomic mass is 16.5. The summed E-state index contributed by atoms with van der Waals surface area (Å²) in [4.78, 5) is 25.9. The molecule has 0 aromatic heterocycles. The van der Waals surface area contributed by atoms with Crippen LogP contribution in [0, 0.1) is 0 Å². The molecule has 1 atom stereocenters. The summed E-state index contributed by atoms with van der Waals surface area (Å²) in [5.41, 5.74) is 2.40. The number of carbonyl (C=O) groups is 2. The highest BCUT2D eigenvalue weighted by Gasteiger charge is 2.23. The molecule has 1 heterocycles. The predicted octanol–water partition coefficient (Wildman–Crippen LogP) is 3.51. The van der Waals surface area contributed by atoms with Gasteiger partial charge in [0.15, 0.2) is 12.4 Å². The van der Waals surface area contributed by atoms with Crippen LogP contribution in [0.2, 0.25) is 0 Å². The summed E-state index contributed by atoms with van der Waals surface area (Å²) in [5.74, 6) is 0.394. The molecule has 0 saturated heterocycles. The first-order chi connectivity index (χ1) is 12.0. The van der Waals surface area contributed by atoms with Crippen molar-refractivity contribution in [2.45, 2.75) is 26.3 Å². The fraction of sp³-hybridized carbons (Fsp3) is 0.300. The zero-order valence-corrected chi connectivity index (χ0v) is 14.5. The van der Waals surface area contributed by atoms with Crippen LogP contribution < -0.4 is 15.0 Å². The van der Waals surface area contributed by atoms with Crippen LogP contribution in [-0.4, -0.2) is 30.9 Å². The average Bonchev–Trinajstić information content (AvgIpc) is 2.78. The normalized spacial score (nSPS) is 16.4. The Bertz CT molecular complexity index is 788. The smallest absolute Gasteiger partial charge is 0.264 e. The number of Topliss-reactive ketones (excluding diaryl/α,β-unsaturated/α-hetero) is 1. The predicted molar refractivity (Wildman–Crippen MR) is 98.4 cm³/mol. The number of benzene rings is 2. The number of fused-ring (bicyclic) bond motifs is 1. The van der Waals surface area contributed by atoms with Gasteiger partial charge in [-0.1, -0.05) is 24.3 Å². The number of para-hydroxylation sites is 2. The van der Waals surface area contributed by atoms with Crippen molar-refractivity contribution >= 4 is 23.1 Å². The van der Waals surface area contributed by atoms with Gasteiger partial charge < -0.3 is 15.0 Å². The molecule has 2 aromatic carbocycles. The minimum atomic E-state index is -0.100. The standard InChI is InChI=1S/C20H22N2O3/c1-14-10-11-22(19-9-4-3-8-18(19)21-14)20(24)13-25-17-7-5-6-16(12-17)15(2)23/h3-9,12,14,21H,10-11,13H2,1-2H3/t14-/m0/s1. The molecule has 0 aliphatic carbocycles. The van der Waals surface area contributed by atoms with Crippen molar-refractivity contribution in [2.24, 2.45) is 0 Å². The number of hydrogen-bond acceptors (Lipinski definition) is 4. The van der Waals surface area contributed by atoms with Crippen LogP contribution in [0.15, 0.2) is 48.5 Å². The molecule has 0 fully saturated rings. The molecule has 0 spiro atoms. The van der Waals surface area contributed by atoms with Crippen molar-refractivity contribution in [1.82, 2.24) is 0 Å². The topological polar surface area (TPSA) is 58.6 Å². The van der Waals surface area contributed by atoms with Crippen molar-refractivity contribution in [3.05, 3.63) is 54.1 Å². The van der Waals surface area contributed by atoms with E-state index in [4.69, 9.17) is 4.74 Å². The second-order valence-corrected chi connectivity index (χ2v) is 6.27. The van der Waals surface area contributed by atoms with Gasteiger partial charge in [0, 0.05) is 18.2 Å². The van der Waals surface area contributed by atoms with Gasteiger partial charge in [0.05, 0.1) is 11.4 Å². The second kappa shape index (κ2) is 7.38. The van der Waals surface area contributed by atoms with Gasteiger partial charge in [-0.25, -0.2) is 0 Å². The number of ether oxygens (including phenoxy) is 1. The number of ketones is 1. The molecule has 0 radical (unpaired) electrons. The maximum absolute atomic E-state index is 12.7. The molecule has 5 heteroatoms. The molecule has 0 bridgehead atoms. The highest BCUT2D eigenvalue weighted by molar-refractivity contribution is 5.98. The van der Waals surface area contributed by atoms with Crippen LogP contribution in [0.4, 0.5) is 11.4 Å². The van der Waals surface area contributed by atoms with Crippen molar-refractivity contribution in [2.75, 3.05) is 23.4 Å². The number of rotatable bonds is 4. The summed E-state index contributed by atoms with van der Waals surface area (Å²) >= 11 is 0. The van der Waals surface area contributed by atoms with Gasteiger partial charge in [-0.05, 0) is 44.5 Å². The highest BCUT2D eigenvalue weighted by Crippen LogP contribution is 2.29. The molecule has 1 aliphatic heterocycles. The first kappa shape index (κ1) is 17.0. The first-order valence-electron chi connectivity index (χ1n) is 8.44. The van der Waals surface area contributed by atoms with Gasteiger partial charge in [0.2, 0.25) is 0 Å². The third kappa shape index (κ3) is 3.99. The Morgan fingerprint density at radius 3 is 2.80 bits per heavy atom. The number of carbonyl (C=O) groups excluding carboxylic acids is 2. The van der Waals surface area contributed by atoms with Gasteiger partial charge in [0.1, 0.15) is 5.75 Å². The number of amides is 1. The molecular weight excluding hydrogens is 316 g/mol. The van der Waals surface area contributed by atoms with Gasteiger partial charge >= 0.3 is 0 Å². The van der Waals surface area contributed by atoms with Crippen molar-refractivity contribution < 1.29 is 14.3 Å². The fourth-order valence-corrected chi connectivity index (χ4v) is 2.90. The van der Waals surface area contributed by atoms with Gasteiger partial charge in [-0.3, -0.25) is 9.59 Å². The fourth-order valence-electron chi connectivity index (χ4n) is 2.90. The summed E-state index contributed by atoms with van der Waals surface area (Å²) in [7, 11) is 0. The van der Waals surface area contributed by atoms with Crippen LogP contribution in [0.5, 0.6) is 5.75 Å². The molecule has 25 heavy (non-hydrogen) atoms. The van der Waals surface area contributed by atoms with E-state index in [1.165, 1.54) is 6.92 Å². The molecule has 1 N–H and O–H groups in total. The van der Waals surface area contributed by atoms with Gasteiger partial charge in [-0.2, -0.15) is 0 Å². The largest absolute Gasteiger partial charge is 0.484 e. The number of anilines is 2. The summed E-state index contributed by atoms with van der Waals surface area (Å²) in [6, 6.07) is 15.0. The summed E-state index contributed by atoms with van der Waals surface area (Å²) in [5, 5.41) is 3.43. The molecule has 2 aromatic rings. The Kier molecular flexibility index (Phi) is 5.03. The van der Waals surface area contributed by atoms with E-state index < -0.39 is 0 Å². The molecule has 0 unspecified atom stereocenters. The Balaban J connectivity index is 1.73. The zero-order valence-electron chi connectivity index (χ0n) is 14.5. The number of nitrogens with one attached hydrogen (secondary N) is 1. The molecule has 1 aliphatic rings. The van der Waals surface area contributed by atoms with E-state index in [1.54, 1.807) is 29.2 Å². The monoisotopic (exact) mass is 338 g/mol. The lowest BCUT2D eigenvalue weighted by atomic mass is 10.1. The van der Waals surface area contributed by atoms with E-state index in [9.17, 15) is 9.59 Å². The van der Waals surface area contributed by atoms with Crippen LogP contribution in [0.25, 0.3) is 0 Å². The molecular formula is C20H22N2O3. The van der Waals surface area contributed by atoms with Crippen LogP contribution in [-0.2, 0) is 4.79 Å². The Morgan fingerprint density at radius 2 is 2.00 bits per heavy atom. The molecule has 3 rings (SSSR count). The molecule has 130 valence electrons. The lowest BCUT2D eigenvalue weighted by Crippen LogP contribution is -2.35. The zero-order chi connectivity index (χ0) is 17.8. The molecule has 0 saturated carbocycles.